The van der Waals surface area contributed by atoms with E-state index in [1.165, 1.54) is 18.0 Å². The smallest absolute Gasteiger partial charge is 0.454 e. The number of hydrogen-bond donors (Lipinski definition) is 2. The van der Waals surface area contributed by atoms with Crippen molar-refractivity contribution in [3.05, 3.63) is 66.2 Å². The first-order valence-corrected chi connectivity index (χ1v) is 9.97. The SMILES string of the molecule is CSNc1ccc(-c2ccc3c(c2)C(=O)Nc2cc(OC(F)(F)F)ccc2O3)cc1. The van der Waals surface area contributed by atoms with Gasteiger partial charge in [0.2, 0.25) is 0 Å². The Morgan fingerprint density at radius 1 is 0.967 bits per heavy atom. The molecule has 0 atom stereocenters. The molecule has 154 valence electrons. The zero-order chi connectivity index (χ0) is 21.3. The highest BCUT2D eigenvalue weighted by molar-refractivity contribution is 7.99. The lowest BCUT2D eigenvalue weighted by Crippen LogP contribution is -2.17. The average molecular weight is 432 g/mol. The highest BCUT2D eigenvalue weighted by atomic mass is 32.2. The van der Waals surface area contributed by atoms with Crippen LogP contribution in [-0.4, -0.2) is 18.5 Å². The first-order chi connectivity index (χ1) is 14.3. The van der Waals surface area contributed by atoms with Crippen LogP contribution < -0.4 is 19.5 Å². The van der Waals surface area contributed by atoms with E-state index in [1.807, 2.05) is 36.6 Å². The van der Waals surface area contributed by atoms with Gasteiger partial charge in [-0.2, -0.15) is 0 Å². The van der Waals surface area contributed by atoms with Crippen LogP contribution in [0.3, 0.4) is 0 Å². The molecule has 0 aliphatic carbocycles. The highest BCUT2D eigenvalue weighted by Gasteiger charge is 2.32. The van der Waals surface area contributed by atoms with E-state index in [1.54, 1.807) is 12.1 Å². The van der Waals surface area contributed by atoms with E-state index in [4.69, 9.17) is 4.74 Å². The molecule has 1 aliphatic heterocycles. The van der Waals surface area contributed by atoms with E-state index in [0.29, 0.717) is 5.75 Å². The lowest BCUT2D eigenvalue weighted by Gasteiger charge is -2.12. The summed E-state index contributed by atoms with van der Waals surface area (Å²) >= 11 is 1.48. The van der Waals surface area contributed by atoms with Crippen molar-refractivity contribution in [3.63, 3.8) is 0 Å². The van der Waals surface area contributed by atoms with Crippen LogP contribution in [0.4, 0.5) is 24.5 Å². The third kappa shape index (κ3) is 4.30. The fourth-order valence-corrected chi connectivity index (χ4v) is 3.40. The molecule has 0 spiro atoms. The maximum Gasteiger partial charge on any atom is 0.573 e. The van der Waals surface area contributed by atoms with Gasteiger partial charge in [-0.3, -0.25) is 4.79 Å². The van der Waals surface area contributed by atoms with E-state index < -0.39 is 18.0 Å². The second kappa shape index (κ2) is 7.83. The normalized spacial score (nSPS) is 12.7. The fourth-order valence-electron chi connectivity index (χ4n) is 3.03. The number of anilines is 2. The Morgan fingerprint density at radius 3 is 2.37 bits per heavy atom. The van der Waals surface area contributed by atoms with Crippen LogP contribution >= 0.6 is 11.9 Å². The van der Waals surface area contributed by atoms with Crippen LogP contribution in [0.25, 0.3) is 11.1 Å². The number of rotatable bonds is 4. The summed E-state index contributed by atoms with van der Waals surface area (Å²) in [5.74, 6) is -0.414. The molecule has 3 aromatic rings. The van der Waals surface area contributed by atoms with Crippen molar-refractivity contribution in [2.45, 2.75) is 6.36 Å². The van der Waals surface area contributed by atoms with Gasteiger partial charge in [0.05, 0.1) is 11.3 Å². The number of alkyl halides is 3. The molecular weight excluding hydrogens is 417 g/mol. The first-order valence-electron chi connectivity index (χ1n) is 8.75. The molecule has 0 saturated heterocycles. The summed E-state index contributed by atoms with van der Waals surface area (Å²) in [6.07, 6.45) is -2.90. The Kier molecular flexibility index (Phi) is 5.21. The predicted molar refractivity (Wildman–Crippen MR) is 110 cm³/mol. The molecule has 0 bridgehead atoms. The number of fused-ring (bicyclic) bond motifs is 2. The molecule has 9 heteroatoms. The number of carbonyl (C=O) groups excluding carboxylic acids is 1. The van der Waals surface area contributed by atoms with E-state index in [-0.39, 0.29) is 17.0 Å². The molecule has 30 heavy (non-hydrogen) atoms. The lowest BCUT2D eigenvalue weighted by molar-refractivity contribution is -0.274. The molecule has 5 nitrogen and oxygen atoms in total. The van der Waals surface area contributed by atoms with Crippen molar-refractivity contribution in [3.8, 4) is 28.4 Å². The molecule has 0 unspecified atom stereocenters. The molecule has 0 aromatic heterocycles. The van der Waals surface area contributed by atoms with Crippen molar-refractivity contribution in [1.29, 1.82) is 0 Å². The Bertz CT molecular complexity index is 1100. The quantitative estimate of drug-likeness (QED) is 0.474. The number of carbonyl (C=O) groups is 1. The third-order valence-electron chi connectivity index (χ3n) is 4.32. The van der Waals surface area contributed by atoms with Crippen LogP contribution in [0.15, 0.2) is 60.7 Å². The van der Waals surface area contributed by atoms with Gasteiger partial charge in [-0.1, -0.05) is 30.1 Å². The van der Waals surface area contributed by atoms with Crippen molar-refractivity contribution in [2.24, 2.45) is 0 Å². The Hall–Kier alpha value is -3.33. The third-order valence-corrected chi connectivity index (χ3v) is 4.75. The average Bonchev–Trinajstić information content (AvgIpc) is 2.83. The number of benzene rings is 3. The second-order valence-corrected chi connectivity index (χ2v) is 6.97. The molecule has 0 radical (unpaired) electrons. The van der Waals surface area contributed by atoms with Gasteiger partial charge in [0.25, 0.3) is 5.91 Å². The van der Waals surface area contributed by atoms with Gasteiger partial charge in [0, 0.05) is 18.0 Å². The number of halogens is 3. The summed E-state index contributed by atoms with van der Waals surface area (Å²) in [4.78, 5) is 12.7. The minimum Gasteiger partial charge on any atom is -0.454 e. The minimum absolute atomic E-state index is 0.0898. The number of nitrogens with one attached hydrogen (secondary N) is 2. The van der Waals surface area contributed by atoms with Crippen LogP contribution in [0.2, 0.25) is 0 Å². The maximum atomic E-state index is 12.7. The van der Waals surface area contributed by atoms with Gasteiger partial charge in [-0.25, -0.2) is 0 Å². The van der Waals surface area contributed by atoms with Crippen LogP contribution in [0.5, 0.6) is 17.2 Å². The summed E-state index contributed by atoms with van der Waals surface area (Å²) in [5, 5.41) is 2.59. The van der Waals surface area contributed by atoms with Crippen LogP contribution in [0.1, 0.15) is 10.4 Å². The van der Waals surface area contributed by atoms with Gasteiger partial charge < -0.3 is 19.5 Å². The van der Waals surface area contributed by atoms with Gasteiger partial charge >= 0.3 is 6.36 Å². The monoisotopic (exact) mass is 432 g/mol. The van der Waals surface area contributed by atoms with Gasteiger partial charge in [-0.05, 0) is 47.5 Å². The Balaban J connectivity index is 1.64. The number of amides is 1. The Morgan fingerprint density at radius 2 is 1.67 bits per heavy atom. The standard InChI is InChI=1S/C21H15F3N2O3S/c1-30-26-14-5-2-12(3-6-14)13-4-8-18-16(10-13)20(27)25-17-11-15(29-21(22,23)24)7-9-19(17)28-18/h2-11,26H,1H3,(H,25,27). The molecule has 3 aromatic carbocycles. The van der Waals surface area contributed by atoms with Crippen molar-refractivity contribution >= 4 is 29.2 Å². The van der Waals surface area contributed by atoms with E-state index >= 15 is 0 Å². The lowest BCUT2D eigenvalue weighted by atomic mass is 10.0. The predicted octanol–water partition coefficient (Wildman–Crippen LogP) is 6.30. The van der Waals surface area contributed by atoms with E-state index in [2.05, 4.69) is 14.8 Å². The molecule has 2 N–H and O–H groups in total. The first kappa shape index (κ1) is 20.0. The zero-order valence-electron chi connectivity index (χ0n) is 15.5. The van der Waals surface area contributed by atoms with Gasteiger partial charge in [-0.15, -0.1) is 13.2 Å². The van der Waals surface area contributed by atoms with Crippen molar-refractivity contribution < 1.29 is 27.4 Å². The summed E-state index contributed by atoms with van der Waals surface area (Å²) in [5.41, 5.74) is 3.02. The topological polar surface area (TPSA) is 59.6 Å². The van der Waals surface area contributed by atoms with Gasteiger partial charge in [0.15, 0.2) is 5.75 Å². The van der Waals surface area contributed by atoms with Crippen molar-refractivity contribution in [1.82, 2.24) is 0 Å². The number of ether oxygens (including phenoxy) is 2. The van der Waals surface area contributed by atoms with Crippen LogP contribution in [-0.2, 0) is 0 Å². The fraction of sp³-hybridized carbons (Fsp3) is 0.0952. The van der Waals surface area contributed by atoms with Crippen molar-refractivity contribution in [2.75, 3.05) is 16.3 Å². The summed E-state index contributed by atoms with van der Waals surface area (Å²) in [6.45, 7) is 0. The van der Waals surface area contributed by atoms with Gasteiger partial charge in [0.1, 0.15) is 11.5 Å². The molecule has 1 aliphatic rings. The molecule has 1 amide bonds. The highest BCUT2D eigenvalue weighted by Crippen LogP contribution is 2.40. The summed E-state index contributed by atoms with van der Waals surface area (Å²) < 4.78 is 50.2. The van der Waals surface area contributed by atoms with E-state index in [0.717, 1.165) is 28.9 Å². The minimum atomic E-state index is -4.83. The maximum absolute atomic E-state index is 12.7. The molecule has 4 rings (SSSR count). The molecular formula is C21H15F3N2O3S. The molecule has 0 fully saturated rings. The molecule has 1 heterocycles. The zero-order valence-corrected chi connectivity index (χ0v) is 16.4. The Labute approximate surface area is 174 Å². The summed E-state index contributed by atoms with van der Waals surface area (Å²) in [6, 6.07) is 16.4. The largest absolute Gasteiger partial charge is 0.573 e. The summed E-state index contributed by atoms with van der Waals surface area (Å²) in [7, 11) is 0. The number of hydrogen-bond acceptors (Lipinski definition) is 5. The van der Waals surface area contributed by atoms with E-state index in [9.17, 15) is 18.0 Å². The second-order valence-electron chi connectivity index (χ2n) is 6.36. The molecule has 0 saturated carbocycles. The van der Waals surface area contributed by atoms with Crippen LogP contribution in [0, 0.1) is 0 Å².